The monoisotopic (exact) mass is 572 g/mol. The summed E-state index contributed by atoms with van der Waals surface area (Å²) in [5.74, 6) is 0.285. The number of methoxy groups -OCH3 is 2. The van der Waals surface area contributed by atoms with Crippen molar-refractivity contribution in [3.63, 3.8) is 0 Å². The number of carbonyl (C=O) groups excluding carboxylic acids is 1. The Labute approximate surface area is 228 Å². The normalized spacial score (nSPS) is 14.6. The fraction of sp³-hybridized carbons (Fsp3) is 0.120. The smallest absolute Gasteiger partial charge is 0.339 e. The van der Waals surface area contributed by atoms with Crippen molar-refractivity contribution in [1.82, 2.24) is 0 Å². The van der Waals surface area contributed by atoms with E-state index in [0.717, 1.165) is 17.8 Å². The predicted molar refractivity (Wildman–Crippen MR) is 147 cm³/mol. The summed E-state index contributed by atoms with van der Waals surface area (Å²) in [6, 6.07) is 14.8. The minimum absolute atomic E-state index is 0.0783. The van der Waals surface area contributed by atoms with Gasteiger partial charge < -0.3 is 13.7 Å². The summed E-state index contributed by atoms with van der Waals surface area (Å²) in [6.45, 7) is 1.50. The van der Waals surface area contributed by atoms with Gasteiger partial charge >= 0.3 is 10.1 Å². The molecule has 0 aliphatic carbocycles. The van der Waals surface area contributed by atoms with Crippen LogP contribution >= 0.6 is 24.0 Å². The second-order valence-corrected chi connectivity index (χ2v) is 11.1. The van der Waals surface area contributed by atoms with Gasteiger partial charge in [0.2, 0.25) is 0 Å². The van der Waals surface area contributed by atoms with Crippen LogP contribution in [0.15, 0.2) is 70.5 Å². The molecule has 3 aromatic carbocycles. The van der Waals surface area contributed by atoms with E-state index >= 15 is 0 Å². The first kappa shape index (κ1) is 27.1. The predicted octanol–water partition coefficient (Wildman–Crippen LogP) is 5.09. The molecule has 1 aliphatic rings. The number of nitrogens with zero attached hydrogens (tertiary/aromatic N) is 2. The lowest BCUT2D eigenvalue weighted by Crippen LogP contribution is -2.27. The number of aryl methyl sites for hydroxylation is 1. The third-order valence-corrected chi connectivity index (χ3v) is 8.01. The zero-order valence-corrected chi connectivity index (χ0v) is 22.7. The first-order chi connectivity index (χ1) is 18.0. The first-order valence-corrected chi connectivity index (χ1v) is 13.5. The van der Waals surface area contributed by atoms with Gasteiger partial charge in [-0.05, 0) is 61.0 Å². The highest BCUT2D eigenvalue weighted by molar-refractivity contribution is 8.27. The largest absolute Gasteiger partial charge is 0.497 e. The molecule has 0 atom stereocenters. The number of thioether (sulfide) groups is 1. The van der Waals surface area contributed by atoms with Crippen molar-refractivity contribution in [3.05, 3.63) is 86.8 Å². The van der Waals surface area contributed by atoms with E-state index in [4.69, 9.17) is 25.9 Å². The van der Waals surface area contributed by atoms with Crippen molar-refractivity contribution in [3.8, 4) is 17.2 Å². The Balaban J connectivity index is 1.59. The standard InChI is InChI=1S/C25H20N2O8S3/c1-15-4-10-19(14-20(15)27(29)30)38(31,32)35-21-11-5-16(12-22(21)34-3)13-23-24(28)26(25(36)37-23)17-6-8-18(33-2)9-7-17/h4-14H,1-3H3/b23-13+. The molecule has 196 valence electrons. The average Bonchev–Trinajstić information content (AvgIpc) is 3.16. The number of anilines is 1. The Hall–Kier alpha value is -3.94. The Morgan fingerprint density at radius 3 is 2.34 bits per heavy atom. The Kier molecular flexibility index (Phi) is 7.71. The summed E-state index contributed by atoms with van der Waals surface area (Å²) in [6.07, 6.45) is 1.60. The van der Waals surface area contributed by atoms with Gasteiger partial charge in [-0.2, -0.15) is 8.42 Å². The molecule has 0 N–H and O–H groups in total. The van der Waals surface area contributed by atoms with E-state index in [1.165, 1.54) is 43.2 Å². The van der Waals surface area contributed by atoms with E-state index in [0.29, 0.717) is 31.8 Å². The van der Waals surface area contributed by atoms with Crippen LogP contribution in [0, 0.1) is 17.0 Å². The molecule has 3 aromatic rings. The van der Waals surface area contributed by atoms with E-state index in [1.54, 1.807) is 43.5 Å². The molecule has 1 amide bonds. The van der Waals surface area contributed by atoms with Crippen molar-refractivity contribution in [2.24, 2.45) is 0 Å². The number of rotatable bonds is 8. The lowest BCUT2D eigenvalue weighted by atomic mass is 10.2. The fourth-order valence-corrected chi connectivity index (χ4v) is 5.78. The van der Waals surface area contributed by atoms with Crippen LogP contribution < -0.4 is 18.6 Å². The number of nitro benzene ring substituents is 1. The molecule has 0 aromatic heterocycles. The summed E-state index contributed by atoms with van der Waals surface area (Å²) in [5, 5.41) is 11.2. The number of nitro groups is 1. The molecule has 13 heteroatoms. The molecule has 1 saturated heterocycles. The number of amides is 1. The van der Waals surface area contributed by atoms with E-state index in [2.05, 4.69) is 0 Å². The van der Waals surface area contributed by atoms with Crippen LogP contribution in [0.25, 0.3) is 6.08 Å². The number of hydrogen-bond donors (Lipinski definition) is 0. The second kappa shape index (κ2) is 10.8. The van der Waals surface area contributed by atoms with Crippen LogP contribution in [0.3, 0.4) is 0 Å². The van der Waals surface area contributed by atoms with Crippen molar-refractivity contribution in [2.45, 2.75) is 11.8 Å². The summed E-state index contributed by atoms with van der Waals surface area (Å²) < 4.78 is 41.7. The van der Waals surface area contributed by atoms with E-state index < -0.39 is 15.0 Å². The zero-order chi connectivity index (χ0) is 27.6. The van der Waals surface area contributed by atoms with Gasteiger partial charge in [-0.15, -0.1) is 0 Å². The molecule has 0 radical (unpaired) electrons. The second-order valence-electron chi connectivity index (χ2n) is 7.87. The van der Waals surface area contributed by atoms with Gasteiger partial charge in [0.05, 0.1) is 29.7 Å². The number of benzene rings is 3. The Morgan fingerprint density at radius 2 is 1.71 bits per heavy atom. The minimum atomic E-state index is -4.40. The fourth-order valence-electron chi connectivity index (χ4n) is 3.52. The van der Waals surface area contributed by atoms with Gasteiger partial charge in [-0.3, -0.25) is 19.8 Å². The highest BCUT2D eigenvalue weighted by Gasteiger charge is 2.33. The molecule has 0 unspecified atom stereocenters. The van der Waals surface area contributed by atoms with Gasteiger partial charge in [0.25, 0.3) is 11.6 Å². The summed E-state index contributed by atoms with van der Waals surface area (Å²) >= 11 is 6.53. The minimum Gasteiger partial charge on any atom is -0.497 e. The molecule has 1 aliphatic heterocycles. The highest BCUT2D eigenvalue weighted by Crippen LogP contribution is 2.38. The van der Waals surface area contributed by atoms with Crippen LogP contribution in [-0.2, 0) is 14.9 Å². The van der Waals surface area contributed by atoms with E-state index in [1.807, 2.05) is 0 Å². The topological polar surface area (TPSA) is 125 Å². The van der Waals surface area contributed by atoms with Crippen molar-refractivity contribution in [1.29, 1.82) is 0 Å². The van der Waals surface area contributed by atoms with Gasteiger partial charge in [-0.1, -0.05) is 36.1 Å². The molecule has 10 nitrogen and oxygen atoms in total. The molecular formula is C25H20N2O8S3. The molecule has 4 rings (SSSR count). The lowest BCUT2D eigenvalue weighted by Gasteiger charge is -2.14. The van der Waals surface area contributed by atoms with Crippen LogP contribution in [0.4, 0.5) is 11.4 Å². The third-order valence-electron chi connectivity index (χ3n) is 5.48. The number of thiocarbonyl (C=S) groups is 1. The van der Waals surface area contributed by atoms with Crippen LogP contribution in [0.1, 0.15) is 11.1 Å². The quantitative estimate of drug-likeness (QED) is 0.118. The Morgan fingerprint density at radius 1 is 1.00 bits per heavy atom. The number of carbonyl (C=O) groups is 1. The zero-order valence-electron chi connectivity index (χ0n) is 20.2. The highest BCUT2D eigenvalue weighted by atomic mass is 32.2. The van der Waals surface area contributed by atoms with Gasteiger partial charge in [0, 0.05) is 11.6 Å². The van der Waals surface area contributed by atoms with Gasteiger partial charge in [-0.25, -0.2) is 0 Å². The van der Waals surface area contributed by atoms with Gasteiger partial charge in [0.15, 0.2) is 15.8 Å². The molecule has 0 saturated carbocycles. The van der Waals surface area contributed by atoms with E-state index in [-0.39, 0.29) is 28.0 Å². The maximum atomic E-state index is 13.1. The summed E-state index contributed by atoms with van der Waals surface area (Å²) in [7, 11) is -1.52. The van der Waals surface area contributed by atoms with Crippen molar-refractivity contribution < 1.29 is 31.8 Å². The molecule has 0 bridgehead atoms. The van der Waals surface area contributed by atoms with Crippen molar-refractivity contribution >= 4 is 61.8 Å². The van der Waals surface area contributed by atoms with E-state index in [9.17, 15) is 23.3 Å². The lowest BCUT2D eigenvalue weighted by molar-refractivity contribution is -0.385. The molecule has 1 fully saturated rings. The maximum Gasteiger partial charge on any atom is 0.339 e. The summed E-state index contributed by atoms with van der Waals surface area (Å²) in [5.41, 5.74) is 1.10. The first-order valence-electron chi connectivity index (χ1n) is 10.8. The number of hydrogen-bond acceptors (Lipinski definition) is 10. The summed E-state index contributed by atoms with van der Waals surface area (Å²) in [4.78, 5) is 25.0. The van der Waals surface area contributed by atoms with Gasteiger partial charge in [0.1, 0.15) is 10.6 Å². The van der Waals surface area contributed by atoms with Crippen LogP contribution in [0.5, 0.6) is 17.2 Å². The maximum absolute atomic E-state index is 13.1. The van der Waals surface area contributed by atoms with Crippen LogP contribution in [0.2, 0.25) is 0 Å². The molecule has 38 heavy (non-hydrogen) atoms. The average molecular weight is 573 g/mol. The van der Waals surface area contributed by atoms with Crippen LogP contribution in [-0.4, -0.2) is 37.8 Å². The SMILES string of the molecule is COc1ccc(N2C(=O)/C(=C\c3ccc(OS(=O)(=O)c4ccc(C)c([N+](=O)[O-])c4)c(OC)c3)SC2=S)cc1. The number of ether oxygens (including phenoxy) is 2. The third kappa shape index (κ3) is 5.49. The van der Waals surface area contributed by atoms with Crippen molar-refractivity contribution in [2.75, 3.05) is 19.1 Å². The Bertz CT molecular complexity index is 1580. The molecule has 1 heterocycles. The molecular weight excluding hydrogens is 552 g/mol. The molecule has 0 spiro atoms.